The molecule has 0 radical (unpaired) electrons. The first-order valence-corrected chi connectivity index (χ1v) is 9.84. The number of hydrogen-bond donors (Lipinski definition) is 0. The molecule has 0 atom stereocenters. The molecule has 0 saturated heterocycles. The van der Waals surface area contributed by atoms with Crippen molar-refractivity contribution >= 4 is 40.5 Å². The Kier molecular flexibility index (Phi) is 5.39. The molecule has 0 saturated carbocycles. The van der Waals surface area contributed by atoms with E-state index in [1.807, 2.05) is 26.2 Å². The molecule has 0 fully saturated rings. The molecule has 0 aliphatic carbocycles. The number of amides is 1. The molecule has 144 valence electrons. The van der Waals surface area contributed by atoms with Gasteiger partial charge in [-0.3, -0.25) is 4.90 Å². The van der Waals surface area contributed by atoms with E-state index in [0.29, 0.717) is 11.5 Å². The van der Waals surface area contributed by atoms with Crippen molar-refractivity contribution in [1.82, 2.24) is 19.6 Å². The number of rotatable bonds is 4. The molecule has 0 aliphatic rings. The van der Waals surface area contributed by atoms with Crippen LogP contribution in [0.4, 0.5) is 10.6 Å². The van der Waals surface area contributed by atoms with Gasteiger partial charge >= 0.3 is 6.09 Å². The monoisotopic (exact) mass is 407 g/mol. The summed E-state index contributed by atoms with van der Waals surface area (Å²) in [5, 5.41) is 7.36. The normalized spacial score (nSPS) is 12.0. The number of anilines is 1. The summed E-state index contributed by atoms with van der Waals surface area (Å²) in [6, 6.07) is 1.61. The Bertz CT molecular complexity index is 947. The van der Waals surface area contributed by atoms with Gasteiger partial charge in [-0.2, -0.15) is 9.61 Å². The van der Waals surface area contributed by atoms with Crippen LogP contribution in [-0.2, 0) is 11.3 Å². The van der Waals surface area contributed by atoms with Crippen LogP contribution in [-0.4, -0.2) is 31.3 Å². The zero-order valence-electron chi connectivity index (χ0n) is 15.9. The number of aromatic nitrogens is 4. The van der Waals surface area contributed by atoms with E-state index in [1.54, 1.807) is 23.0 Å². The molecular weight excluding hydrogens is 386 g/mol. The lowest BCUT2D eigenvalue weighted by Crippen LogP contribution is -2.37. The van der Waals surface area contributed by atoms with Gasteiger partial charge in [0.05, 0.1) is 12.7 Å². The zero-order chi connectivity index (χ0) is 19.8. The van der Waals surface area contributed by atoms with Gasteiger partial charge in [0.25, 0.3) is 0 Å². The number of hydrogen-bond acceptors (Lipinski definition) is 6. The highest BCUT2D eigenvalue weighted by Gasteiger charge is 2.27. The fourth-order valence-electron chi connectivity index (χ4n) is 2.56. The van der Waals surface area contributed by atoms with Crippen molar-refractivity contribution in [2.45, 2.75) is 52.7 Å². The summed E-state index contributed by atoms with van der Waals surface area (Å²) in [4.78, 5) is 23.1. The summed E-state index contributed by atoms with van der Waals surface area (Å²) in [6.45, 7) is 9.84. The van der Waals surface area contributed by atoms with Crippen molar-refractivity contribution < 1.29 is 9.53 Å². The molecule has 27 heavy (non-hydrogen) atoms. The molecule has 3 aromatic rings. The predicted octanol–water partition coefficient (Wildman–Crippen LogP) is 4.90. The Morgan fingerprint density at radius 3 is 2.74 bits per heavy atom. The van der Waals surface area contributed by atoms with Gasteiger partial charge in [-0.1, -0.05) is 25.4 Å². The maximum atomic E-state index is 13.0. The largest absolute Gasteiger partial charge is 0.443 e. The second kappa shape index (κ2) is 7.44. The summed E-state index contributed by atoms with van der Waals surface area (Å²) in [6.07, 6.45) is 2.96. The first-order valence-electron chi connectivity index (χ1n) is 8.59. The molecule has 0 aliphatic heterocycles. The van der Waals surface area contributed by atoms with E-state index in [-0.39, 0.29) is 17.6 Å². The molecule has 1 amide bonds. The second-order valence-electron chi connectivity index (χ2n) is 7.42. The van der Waals surface area contributed by atoms with Gasteiger partial charge in [-0.15, -0.1) is 11.3 Å². The summed E-state index contributed by atoms with van der Waals surface area (Å²) >= 11 is 7.74. The number of carbonyl (C=O) groups is 1. The van der Waals surface area contributed by atoms with Gasteiger partial charge < -0.3 is 4.74 Å². The zero-order valence-corrected chi connectivity index (χ0v) is 17.5. The maximum Gasteiger partial charge on any atom is 0.416 e. The van der Waals surface area contributed by atoms with Gasteiger partial charge in [0.1, 0.15) is 21.6 Å². The molecule has 0 N–H and O–H groups in total. The number of nitrogens with zero attached hydrogens (tertiary/aromatic N) is 5. The summed E-state index contributed by atoms with van der Waals surface area (Å²) < 4.78 is 7.23. The van der Waals surface area contributed by atoms with E-state index in [2.05, 4.69) is 28.9 Å². The van der Waals surface area contributed by atoms with Crippen molar-refractivity contribution in [3.8, 4) is 0 Å². The standard InChI is InChI=1S/C18H22ClN5O2S/c1-11(2)12-9-21-24-15(8-13(19)22-16(12)24)23(10-14-20-6-7-27-14)17(25)26-18(3,4)5/h6-9,11H,10H2,1-5H3. The van der Waals surface area contributed by atoms with Crippen molar-refractivity contribution in [2.24, 2.45) is 0 Å². The van der Waals surface area contributed by atoms with E-state index < -0.39 is 11.7 Å². The predicted molar refractivity (Wildman–Crippen MR) is 107 cm³/mol. The maximum absolute atomic E-state index is 13.0. The van der Waals surface area contributed by atoms with Gasteiger partial charge in [-0.05, 0) is 26.7 Å². The average molecular weight is 408 g/mol. The van der Waals surface area contributed by atoms with E-state index in [9.17, 15) is 4.79 Å². The fourth-order valence-corrected chi connectivity index (χ4v) is 3.34. The number of halogens is 1. The number of ether oxygens (including phenoxy) is 1. The Hall–Kier alpha value is -2.19. The molecule has 0 aromatic carbocycles. The van der Waals surface area contributed by atoms with Crippen molar-refractivity contribution in [3.63, 3.8) is 0 Å². The van der Waals surface area contributed by atoms with Crippen LogP contribution >= 0.6 is 22.9 Å². The molecular formula is C18H22ClN5O2S. The Labute approximate surface area is 166 Å². The van der Waals surface area contributed by atoms with E-state index >= 15 is 0 Å². The SMILES string of the molecule is CC(C)c1cnn2c(N(Cc3nccs3)C(=O)OC(C)(C)C)cc(Cl)nc12. The molecule has 0 bridgehead atoms. The highest BCUT2D eigenvalue weighted by molar-refractivity contribution is 7.09. The van der Waals surface area contributed by atoms with Crippen LogP contribution in [0.2, 0.25) is 5.15 Å². The lowest BCUT2D eigenvalue weighted by atomic mass is 10.1. The third kappa shape index (κ3) is 4.39. The lowest BCUT2D eigenvalue weighted by molar-refractivity contribution is 0.0575. The van der Waals surface area contributed by atoms with Crippen LogP contribution in [0.15, 0.2) is 23.8 Å². The highest BCUT2D eigenvalue weighted by atomic mass is 35.5. The summed E-state index contributed by atoms with van der Waals surface area (Å²) in [7, 11) is 0. The van der Waals surface area contributed by atoms with Crippen LogP contribution in [0, 0.1) is 0 Å². The minimum atomic E-state index is -0.638. The molecule has 9 heteroatoms. The van der Waals surface area contributed by atoms with E-state index in [0.717, 1.165) is 10.6 Å². The average Bonchev–Trinajstić information content (AvgIpc) is 3.19. The lowest BCUT2D eigenvalue weighted by Gasteiger charge is -2.27. The molecule has 3 rings (SSSR count). The van der Waals surface area contributed by atoms with Crippen LogP contribution < -0.4 is 4.90 Å². The van der Waals surface area contributed by atoms with Crippen LogP contribution in [0.1, 0.15) is 51.1 Å². The summed E-state index contributed by atoms with van der Waals surface area (Å²) in [5.74, 6) is 0.705. The topological polar surface area (TPSA) is 72.6 Å². The number of thiazole rings is 1. The Balaban J connectivity index is 2.12. The van der Waals surface area contributed by atoms with Crippen molar-refractivity contribution in [3.05, 3.63) is 39.6 Å². The van der Waals surface area contributed by atoms with Gasteiger partial charge in [0.15, 0.2) is 5.65 Å². The van der Waals surface area contributed by atoms with Gasteiger partial charge in [0, 0.05) is 23.2 Å². The van der Waals surface area contributed by atoms with Crippen LogP contribution in [0.25, 0.3) is 5.65 Å². The van der Waals surface area contributed by atoms with Crippen molar-refractivity contribution in [2.75, 3.05) is 4.90 Å². The first kappa shape index (κ1) is 19.6. The molecule has 0 spiro atoms. The highest BCUT2D eigenvalue weighted by Crippen LogP contribution is 2.28. The minimum Gasteiger partial charge on any atom is -0.443 e. The van der Waals surface area contributed by atoms with Gasteiger partial charge in [0.2, 0.25) is 0 Å². The Morgan fingerprint density at radius 1 is 1.41 bits per heavy atom. The molecule has 3 aromatic heterocycles. The molecule has 7 nitrogen and oxygen atoms in total. The number of carbonyl (C=O) groups excluding carboxylic acids is 1. The van der Waals surface area contributed by atoms with Crippen molar-refractivity contribution in [1.29, 1.82) is 0 Å². The molecule has 0 unspecified atom stereocenters. The smallest absolute Gasteiger partial charge is 0.416 e. The van der Waals surface area contributed by atoms with Crippen LogP contribution in [0.5, 0.6) is 0 Å². The third-order valence-electron chi connectivity index (χ3n) is 3.74. The summed E-state index contributed by atoms with van der Waals surface area (Å²) in [5.41, 5.74) is 0.943. The fraction of sp³-hybridized carbons (Fsp3) is 0.444. The van der Waals surface area contributed by atoms with E-state index in [4.69, 9.17) is 16.3 Å². The molecule has 3 heterocycles. The second-order valence-corrected chi connectivity index (χ2v) is 8.79. The quantitative estimate of drug-likeness (QED) is 0.575. The minimum absolute atomic E-state index is 0.218. The van der Waals surface area contributed by atoms with Gasteiger partial charge in [-0.25, -0.2) is 14.8 Å². The Morgan fingerprint density at radius 2 is 2.15 bits per heavy atom. The third-order valence-corrected chi connectivity index (χ3v) is 4.70. The van der Waals surface area contributed by atoms with Crippen LogP contribution in [0.3, 0.4) is 0 Å². The first-order chi connectivity index (χ1) is 12.7. The number of fused-ring (bicyclic) bond motifs is 1. The van der Waals surface area contributed by atoms with E-state index in [1.165, 1.54) is 16.2 Å².